The van der Waals surface area contributed by atoms with Crippen molar-refractivity contribution in [1.82, 2.24) is 9.55 Å². The lowest BCUT2D eigenvalue weighted by Gasteiger charge is -2.11. The third kappa shape index (κ3) is 5.64. The van der Waals surface area contributed by atoms with Crippen molar-refractivity contribution in [3.63, 3.8) is 0 Å². The van der Waals surface area contributed by atoms with Gasteiger partial charge in [-0.05, 0) is 37.5 Å². The SMILES string of the molecule is CCOC(=O)COc1cccc(CCCn2c(-c3ccccc3)c(-c3ccccc3)[nH]c2=O)c1. The number of nitrogens with one attached hydrogen (secondary N) is 1. The van der Waals surface area contributed by atoms with E-state index in [0.29, 0.717) is 18.9 Å². The molecular weight excluding hydrogens is 428 g/mol. The molecule has 0 amide bonds. The van der Waals surface area contributed by atoms with Crippen molar-refractivity contribution >= 4 is 5.97 Å². The molecule has 4 aromatic rings. The summed E-state index contributed by atoms with van der Waals surface area (Å²) >= 11 is 0. The van der Waals surface area contributed by atoms with Gasteiger partial charge in [0.25, 0.3) is 0 Å². The molecule has 0 bridgehead atoms. The van der Waals surface area contributed by atoms with Gasteiger partial charge < -0.3 is 14.5 Å². The summed E-state index contributed by atoms with van der Waals surface area (Å²) in [4.78, 5) is 27.5. The number of esters is 1. The van der Waals surface area contributed by atoms with E-state index in [1.54, 1.807) is 6.92 Å². The van der Waals surface area contributed by atoms with Crippen molar-refractivity contribution in [3.05, 3.63) is 101 Å². The average Bonchev–Trinajstić information content (AvgIpc) is 3.20. The average molecular weight is 457 g/mol. The predicted octanol–water partition coefficient (Wildman–Crippen LogP) is 5.09. The minimum absolute atomic E-state index is 0.112. The minimum Gasteiger partial charge on any atom is -0.482 e. The van der Waals surface area contributed by atoms with Crippen molar-refractivity contribution in [3.8, 4) is 28.3 Å². The van der Waals surface area contributed by atoms with Crippen LogP contribution in [0.15, 0.2) is 89.7 Å². The second kappa shape index (κ2) is 11.2. The van der Waals surface area contributed by atoms with Gasteiger partial charge in [0.05, 0.1) is 18.0 Å². The van der Waals surface area contributed by atoms with Gasteiger partial charge in [-0.3, -0.25) is 4.57 Å². The minimum atomic E-state index is -0.387. The summed E-state index contributed by atoms with van der Waals surface area (Å²) in [6, 6.07) is 27.6. The third-order valence-electron chi connectivity index (χ3n) is 5.50. The molecule has 1 aromatic heterocycles. The molecule has 0 aliphatic rings. The fourth-order valence-corrected chi connectivity index (χ4v) is 3.97. The number of H-pyrrole nitrogens is 1. The zero-order valence-electron chi connectivity index (χ0n) is 19.2. The molecule has 34 heavy (non-hydrogen) atoms. The Balaban J connectivity index is 1.51. The summed E-state index contributed by atoms with van der Waals surface area (Å²) in [6.45, 7) is 2.55. The highest BCUT2D eigenvalue weighted by Gasteiger charge is 2.17. The van der Waals surface area contributed by atoms with Gasteiger partial charge in [-0.2, -0.15) is 0 Å². The summed E-state index contributed by atoms with van der Waals surface area (Å²) in [6.07, 6.45) is 1.54. The molecule has 0 fully saturated rings. The van der Waals surface area contributed by atoms with E-state index in [4.69, 9.17) is 9.47 Å². The molecule has 0 unspecified atom stereocenters. The van der Waals surface area contributed by atoms with Crippen LogP contribution in [0.2, 0.25) is 0 Å². The monoisotopic (exact) mass is 456 g/mol. The van der Waals surface area contributed by atoms with Gasteiger partial charge in [-0.15, -0.1) is 0 Å². The van der Waals surface area contributed by atoms with Crippen LogP contribution in [0.5, 0.6) is 5.75 Å². The van der Waals surface area contributed by atoms with E-state index in [-0.39, 0.29) is 18.3 Å². The van der Waals surface area contributed by atoms with Crippen molar-refractivity contribution in [2.75, 3.05) is 13.2 Å². The van der Waals surface area contributed by atoms with Crippen LogP contribution in [0.4, 0.5) is 0 Å². The highest BCUT2D eigenvalue weighted by atomic mass is 16.6. The summed E-state index contributed by atoms with van der Waals surface area (Å²) in [7, 11) is 0. The summed E-state index contributed by atoms with van der Waals surface area (Å²) in [5.41, 5.74) is 4.64. The van der Waals surface area contributed by atoms with Gasteiger partial charge in [-0.25, -0.2) is 9.59 Å². The van der Waals surface area contributed by atoms with Crippen LogP contribution < -0.4 is 10.4 Å². The standard InChI is InChI=1S/C28H28N2O4/c1-2-33-25(31)20-34-24-17-9-11-21(19-24)12-10-18-30-27(23-15-7-4-8-16-23)26(29-28(30)32)22-13-5-3-6-14-22/h3-9,11,13-17,19H,2,10,12,18,20H2,1H3,(H,29,32). The van der Waals surface area contributed by atoms with Gasteiger partial charge in [-0.1, -0.05) is 72.8 Å². The molecule has 0 radical (unpaired) electrons. The number of carbonyl (C=O) groups excluding carboxylic acids is 1. The Morgan fingerprint density at radius 1 is 0.912 bits per heavy atom. The van der Waals surface area contributed by atoms with Gasteiger partial charge >= 0.3 is 11.7 Å². The van der Waals surface area contributed by atoms with Gasteiger partial charge in [0.1, 0.15) is 5.75 Å². The van der Waals surface area contributed by atoms with Gasteiger partial charge in [0.15, 0.2) is 6.61 Å². The Labute approximate surface area is 198 Å². The predicted molar refractivity (Wildman–Crippen MR) is 133 cm³/mol. The Morgan fingerprint density at radius 3 is 2.32 bits per heavy atom. The molecule has 0 spiro atoms. The zero-order chi connectivity index (χ0) is 23.8. The number of rotatable bonds is 10. The lowest BCUT2D eigenvalue weighted by atomic mass is 10.0. The van der Waals surface area contributed by atoms with Crippen molar-refractivity contribution in [2.24, 2.45) is 0 Å². The van der Waals surface area contributed by atoms with Crippen LogP contribution in [0, 0.1) is 0 Å². The number of imidazole rings is 1. The van der Waals surface area contributed by atoms with E-state index in [9.17, 15) is 9.59 Å². The smallest absolute Gasteiger partial charge is 0.344 e. The summed E-state index contributed by atoms with van der Waals surface area (Å²) < 4.78 is 12.3. The maximum atomic E-state index is 12.9. The molecule has 0 saturated heterocycles. The van der Waals surface area contributed by atoms with Gasteiger partial charge in [0.2, 0.25) is 0 Å². The molecule has 0 aliphatic carbocycles. The van der Waals surface area contributed by atoms with E-state index >= 15 is 0 Å². The van der Waals surface area contributed by atoms with Gasteiger partial charge in [0, 0.05) is 17.7 Å². The van der Waals surface area contributed by atoms with Crippen LogP contribution in [0.1, 0.15) is 18.9 Å². The molecule has 174 valence electrons. The van der Waals surface area contributed by atoms with Crippen molar-refractivity contribution < 1.29 is 14.3 Å². The number of aromatic amines is 1. The van der Waals surface area contributed by atoms with Crippen LogP contribution in [0.3, 0.4) is 0 Å². The molecule has 6 nitrogen and oxygen atoms in total. The first-order chi connectivity index (χ1) is 16.7. The van der Waals surface area contributed by atoms with Crippen LogP contribution >= 0.6 is 0 Å². The molecule has 6 heteroatoms. The lowest BCUT2D eigenvalue weighted by molar-refractivity contribution is -0.145. The Bertz CT molecular complexity index is 1280. The van der Waals surface area contributed by atoms with Crippen molar-refractivity contribution in [2.45, 2.75) is 26.3 Å². The number of hydrogen-bond acceptors (Lipinski definition) is 4. The third-order valence-corrected chi connectivity index (χ3v) is 5.50. The Morgan fingerprint density at radius 2 is 1.62 bits per heavy atom. The normalized spacial score (nSPS) is 10.7. The maximum Gasteiger partial charge on any atom is 0.344 e. The second-order valence-corrected chi connectivity index (χ2v) is 7.88. The Kier molecular flexibility index (Phi) is 7.60. The first kappa shape index (κ1) is 23.1. The fraction of sp³-hybridized carbons (Fsp3) is 0.214. The molecule has 0 aliphatic heterocycles. The molecule has 0 atom stereocenters. The van der Waals surface area contributed by atoms with Crippen LogP contribution in [-0.2, 0) is 22.5 Å². The molecule has 1 heterocycles. The Hall–Kier alpha value is -4.06. The zero-order valence-corrected chi connectivity index (χ0v) is 19.2. The number of ether oxygens (including phenoxy) is 2. The second-order valence-electron chi connectivity index (χ2n) is 7.88. The molecule has 1 N–H and O–H groups in total. The van der Waals surface area contributed by atoms with E-state index in [1.165, 1.54) is 0 Å². The van der Waals surface area contributed by atoms with E-state index in [2.05, 4.69) is 4.98 Å². The quantitative estimate of drug-likeness (QED) is 0.338. The van der Waals surface area contributed by atoms with Crippen molar-refractivity contribution in [1.29, 1.82) is 0 Å². The van der Waals surface area contributed by atoms with E-state index in [1.807, 2.05) is 89.5 Å². The van der Waals surface area contributed by atoms with E-state index < -0.39 is 0 Å². The van der Waals surface area contributed by atoms with E-state index in [0.717, 1.165) is 40.9 Å². The molecule has 0 saturated carbocycles. The van der Waals surface area contributed by atoms with Crippen LogP contribution in [0.25, 0.3) is 22.5 Å². The first-order valence-electron chi connectivity index (χ1n) is 11.5. The number of benzene rings is 3. The molecular formula is C28H28N2O4. The molecule has 4 rings (SSSR count). The number of aromatic nitrogens is 2. The van der Waals surface area contributed by atoms with Crippen LogP contribution in [-0.4, -0.2) is 28.7 Å². The maximum absolute atomic E-state index is 12.9. The summed E-state index contributed by atoms with van der Waals surface area (Å²) in [5.74, 6) is 0.239. The number of nitrogens with zero attached hydrogens (tertiary/aromatic N) is 1. The molecule has 3 aromatic carbocycles. The highest BCUT2D eigenvalue weighted by molar-refractivity contribution is 5.78. The topological polar surface area (TPSA) is 73.3 Å². The lowest BCUT2D eigenvalue weighted by Crippen LogP contribution is -2.18. The summed E-state index contributed by atoms with van der Waals surface area (Å²) in [5, 5.41) is 0. The number of aryl methyl sites for hydroxylation is 1. The fourth-order valence-electron chi connectivity index (χ4n) is 3.97. The number of carbonyl (C=O) groups is 1. The number of hydrogen-bond donors (Lipinski definition) is 1. The largest absolute Gasteiger partial charge is 0.482 e. The first-order valence-corrected chi connectivity index (χ1v) is 11.5. The highest BCUT2D eigenvalue weighted by Crippen LogP contribution is 2.30.